The predicted octanol–water partition coefficient (Wildman–Crippen LogP) is 4.04. The van der Waals surface area contributed by atoms with Gasteiger partial charge in [0.1, 0.15) is 0 Å². The van der Waals surface area contributed by atoms with Gasteiger partial charge in [-0.2, -0.15) is 0 Å². The Morgan fingerprint density at radius 2 is 1.74 bits per heavy atom. The molecule has 0 aliphatic carbocycles. The Morgan fingerprint density at radius 3 is 2.39 bits per heavy atom. The SMILES string of the molecule is Cc1c(C(N)=O)c2ccccc2n1C(=O)c1ccc(Cl)c(Cl)c1. The molecule has 1 heterocycles. The van der Waals surface area contributed by atoms with Gasteiger partial charge in [0.05, 0.1) is 21.1 Å². The summed E-state index contributed by atoms with van der Waals surface area (Å²) in [6, 6.07) is 11.8. The van der Waals surface area contributed by atoms with Crippen LogP contribution in [0.1, 0.15) is 26.4 Å². The Bertz CT molecular complexity index is 961. The third-order valence-corrected chi connectivity index (χ3v) is 4.47. The standard InChI is InChI=1S/C17H12Cl2N2O2/c1-9-15(16(20)22)11-4-2-3-5-14(11)21(9)17(23)10-6-7-12(18)13(19)8-10/h2-8H,1H3,(H2,20,22). The summed E-state index contributed by atoms with van der Waals surface area (Å²) in [5.41, 5.74) is 7.31. The van der Waals surface area contributed by atoms with Crippen molar-refractivity contribution in [2.45, 2.75) is 6.92 Å². The maximum Gasteiger partial charge on any atom is 0.262 e. The van der Waals surface area contributed by atoms with Crippen LogP contribution in [-0.4, -0.2) is 16.4 Å². The van der Waals surface area contributed by atoms with E-state index < -0.39 is 5.91 Å². The van der Waals surface area contributed by atoms with Gasteiger partial charge >= 0.3 is 0 Å². The van der Waals surface area contributed by atoms with Crippen molar-refractivity contribution in [3.63, 3.8) is 0 Å². The smallest absolute Gasteiger partial charge is 0.262 e. The Kier molecular flexibility index (Phi) is 3.88. The highest BCUT2D eigenvalue weighted by Gasteiger charge is 2.22. The van der Waals surface area contributed by atoms with E-state index in [2.05, 4.69) is 0 Å². The monoisotopic (exact) mass is 346 g/mol. The number of nitrogens with two attached hydrogens (primary N) is 1. The van der Waals surface area contributed by atoms with Gasteiger partial charge in [0.2, 0.25) is 0 Å². The molecule has 0 bridgehead atoms. The van der Waals surface area contributed by atoms with E-state index in [4.69, 9.17) is 28.9 Å². The zero-order valence-electron chi connectivity index (χ0n) is 12.1. The van der Waals surface area contributed by atoms with E-state index in [0.717, 1.165) is 0 Å². The number of hydrogen-bond acceptors (Lipinski definition) is 2. The van der Waals surface area contributed by atoms with E-state index >= 15 is 0 Å². The van der Waals surface area contributed by atoms with E-state index in [1.807, 2.05) is 0 Å². The molecule has 23 heavy (non-hydrogen) atoms. The fraction of sp³-hybridized carbons (Fsp3) is 0.0588. The highest BCUT2D eigenvalue weighted by atomic mass is 35.5. The Hall–Kier alpha value is -2.30. The second-order valence-electron chi connectivity index (χ2n) is 5.11. The number of hydrogen-bond donors (Lipinski definition) is 1. The molecule has 6 heteroatoms. The molecule has 1 aromatic heterocycles. The van der Waals surface area contributed by atoms with Crippen molar-refractivity contribution in [3.8, 4) is 0 Å². The second-order valence-corrected chi connectivity index (χ2v) is 5.93. The van der Waals surface area contributed by atoms with Crippen molar-refractivity contribution in [2.75, 3.05) is 0 Å². The first-order valence-electron chi connectivity index (χ1n) is 6.81. The summed E-state index contributed by atoms with van der Waals surface area (Å²) in [6.45, 7) is 1.69. The predicted molar refractivity (Wildman–Crippen MR) is 91.4 cm³/mol. The van der Waals surface area contributed by atoms with Crippen LogP contribution in [0, 0.1) is 6.92 Å². The van der Waals surface area contributed by atoms with E-state index in [0.29, 0.717) is 37.8 Å². The number of carbonyl (C=O) groups excluding carboxylic acids is 2. The molecular formula is C17H12Cl2N2O2. The minimum atomic E-state index is -0.570. The average Bonchev–Trinajstić information content (AvgIpc) is 2.81. The minimum Gasteiger partial charge on any atom is -0.366 e. The third kappa shape index (κ3) is 2.50. The molecule has 3 rings (SSSR count). The van der Waals surface area contributed by atoms with Crippen LogP contribution in [0.25, 0.3) is 10.9 Å². The summed E-state index contributed by atoms with van der Waals surface area (Å²) in [5.74, 6) is -0.871. The first kappa shape index (κ1) is 15.6. The fourth-order valence-electron chi connectivity index (χ4n) is 2.70. The molecule has 0 saturated heterocycles. The van der Waals surface area contributed by atoms with Gasteiger partial charge < -0.3 is 5.73 Å². The van der Waals surface area contributed by atoms with Gasteiger partial charge in [0.25, 0.3) is 11.8 Å². The second kappa shape index (κ2) is 5.72. The Balaban J connectivity index is 2.27. The number of para-hydroxylation sites is 1. The number of primary amides is 1. The van der Waals surface area contributed by atoms with E-state index in [1.165, 1.54) is 10.6 Å². The third-order valence-electron chi connectivity index (χ3n) is 3.73. The van der Waals surface area contributed by atoms with Crippen molar-refractivity contribution in [1.29, 1.82) is 0 Å². The highest BCUT2D eigenvalue weighted by Crippen LogP contribution is 2.28. The number of fused-ring (bicyclic) bond motifs is 1. The quantitative estimate of drug-likeness (QED) is 0.760. The van der Waals surface area contributed by atoms with Gasteiger partial charge in [-0.3, -0.25) is 14.2 Å². The number of halogens is 2. The van der Waals surface area contributed by atoms with Crippen LogP contribution < -0.4 is 5.73 Å². The van der Waals surface area contributed by atoms with Crippen LogP contribution >= 0.6 is 23.2 Å². The van der Waals surface area contributed by atoms with Crippen molar-refractivity contribution in [3.05, 3.63) is 69.3 Å². The summed E-state index contributed by atoms with van der Waals surface area (Å²) in [6.07, 6.45) is 0. The lowest BCUT2D eigenvalue weighted by molar-refractivity contribution is 0.0963. The van der Waals surface area contributed by atoms with E-state index in [1.54, 1.807) is 43.3 Å². The van der Waals surface area contributed by atoms with Crippen molar-refractivity contribution >= 4 is 45.9 Å². The number of benzene rings is 2. The summed E-state index contributed by atoms with van der Waals surface area (Å²) in [5, 5.41) is 1.31. The molecular weight excluding hydrogens is 335 g/mol. The maximum absolute atomic E-state index is 12.9. The van der Waals surface area contributed by atoms with Gasteiger partial charge in [-0.25, -0.2) is 0 Å². The molecule has 2 aromatic carbocycles. The molecule has 2 N–H and O–H groups in total. The van der Waals surface area contributed by atoms with Gasteiger partial charge in [0.15, 0.2) is 0 Å². The van der Waals surface area contributed by atoms with Crippen molar-refractivity contribution in [2.24, 2.45) is 5.73 Å². The van der Waals surface area contributed by atoms with Crippen LogP contribution in [0.15, 0.2) is 42.5 Å². The van der Waals surface area contributed by atoms with Gasteiger partial charge in [0, 0.05) is 16.6 Å². The molecule has 0 saturated carbocycles. The molecule has 1 amide bonds. The zero-order chi connectivity index (χ0) is 16.7. The van der Waals surface area contributed by atoms with Gasteiger partial charge in [-0.15, -0.1) is 0 Å². The van der Waals surface area contributed by atoms with Crippen LogP contribution in [0.5, 0.6) is 0 Å². The molecule has 0 spiro atoms. The summed E-state index contributed by atoms with van der Waals surface area (Å²) in [7, 11) is 0. The van der Waals surface area contributed by atoms with Crippen LogP contribution in [0.3, 0.4) is 0 Å². The van der Waals surface area contributed by atoms with Crippen molar-refractivity contribution in [1.82, 2.24) is 4.57 Å². The summed E-state index contributed by atoms with van der Waals surface area (Å²) >= 11 is 11.9. The lowest BCUT2D eigenvalue weighted by Gasteiger charge is -2.08. The van der Waals surface area contributed by atoms with Crippen molar-refractivity contribution < 1.29 is 9.59 Å². The molecule has 0 unspecified atom stereocenters. The molecule has 3 aromatic rings. The topological polar surface area (TPSA) is 65.1 Å². The number of amides is 1. The molecule has 0 aliphatic rings. The van der Waals surface area contributed by atoms with Crippen LogP contribution in [0.2, 0.25) is 10.0 Å². The first-order chi connectivity index (χ1) is 10.9. The molecule has 116 valence electrons. The summed E-state index contributed by atoms with van der Waals surface area (Å²) < 4.78 is 1.47. The van der Waals surface area contributed by atoms with E-state index in [-0.39, 0.29) is 5.91 Å². The highest BCUT2D eigenvalue weighted by molar-refractivity contribution is 6.42. The molecule has 0 radical (unpaired) electrons. The summed E-state index contributed by atoms with van der Waals surface area (Å²) in [4.78, 5) is 24.7. The number of aromatic nitrogens is 1. The Labute approximate surface area is 142 Å². The van der Waals surface area contributed by atoms with E-state index in [9.17, 15) is 9.59 Å². The molecule has 0 atom stereocenters. The zero-order valence-corrected chi connectivity index (χ0v) is 13.7. The number of carbonyl (C=O) groups is 2. The minimum absolute atomic E-state index is 0.293. The Morgan fingerprint density at radius 1 is 1.04 bits per heavy atom. The molecule has 0 aliphatic heterocycles. The largest absolute Gasteiger partial charge is 0.366 e. The molecule has 4 nitrogen and oxygen atoms in total. The number of nitrogens with zero attached hydrogens (tertiary/aromatic N) is 1. The maximum atomic E-state index is 12.9. The normalized spacial score (nSPS) is 10.9. The van der Waals surface area contributed by atoms with Crippen LogP contribution in [-0.2, 0) is 0 Å². The lowest BCUT2D eigenvalue weighted by Crippen LogP contribution is -2.16. The molecule has 0 fully saturated rings. The van der Waals surface area contributed by atoms with Gasteiger partial charge in [-0.05, 0) is 31.2 Å². The lowest BCUT2D eigenvalue weighted by atomic mass is 10.1. The number of rotatable bonds is 2. The average molecular weight is 347 g/mol. The fourth-order valence-corrected chi connectivity index (χ4v) is 3.00. The first-order valence-corrected chi connectivity index (χ1v) is 7.57. The van der Waals surface area contributed by atoms with Crippen LogP contribution in [0.4, 0.5) is 0 Å². The van der Waals surface area contributed by atoms with Gasteiger partial charge in [-0.1, -0.05) is 41.4 Å².